The van der Waals surface area contributed by atoms with Gasteiger partial charge in [-0.25, -0.2) is 0 Å². The predicted octanol–water partition coefficient (Wildman–Crippen LogP) is 3.67. The Balaban J connectivity index is 2.13. The van der Waals surface area contributed by atoms with Crippen LogP contribution < -0.4 is 0 Å². The van der Waals surface area contributed by atoms with Gasteiger partial charge in [0.05, 0.1) is 0 Å². The van der Waals surface area contributed by atoms with Crippen LogP contribution in [0.4, 0.5) is 0 Å². The smallest absolute Gasteiger partial charge is 0.150 e. The molecule has 0 saturated heterocycles. The van der Waals surface area contributed by atoms with Crippen LogP contribution >= 0.6 is 11.8 Å². The molecule has 0 bridgehead atoms. The zero-order valence-electron chi connectivity index (χ0n) is 9.90. The van der Waals surface area contributed by atoms with Crippen molar-refractivity contribution in [3.05, 3.63) is 35.4 Å². The van der Waals surface area contributed by atoms with E-state index in [0.717, 1.165) is 11.8 Å². The van der Waals surface area contributed by atoms with Crippen molar-refractivity contribution in [2.75, 3.05) is 5.75 Å². The average Bonchev–Trinajstić information content (AvgIpc) is 3.08. The van der Waals surface area contributed by atoms with E-state index in [1.54, 1.807) is 0 Å². The monoisotopic (exact) mass is 234 g/mol. The minimum absolute atomic E-state index is 0.369. The predicted molar refractivity (Wildman–Crippen MR) is 70.3 cm³/mol. The molecule has 1 nitrogen and oxygen atoms in total. The summed E-state index contributed by atoms with van der Waals surface area (Å²) in [7, 11) is 0. The van der Waals surface area contributed by atoms with Gasteiger partial charge in [0.1, 0.15) is 6.29 Å². The van der Waals surface area contributed by atoms with Crippen molar-refractivity contribution in [1.82, 2.24) is 0 Å². The van der Waals surface area contributed by atoms with Gasteiger partial charge in [-0.3, -0.25) is 4.79 Å². The van der Waals surface area contributed by atoms with Crippen LogP contribution in [0.3, 0.4) is 0 Å². The summed E-state index contributed by atoms with van der Waals surface area (Å²) in [6.07, 6.45) is 3.49. The van der Waals surface area contributed by atoms with Crippen LogP contribution in [0.5, 0.6) is 0 Å². The Morgan fingerprint density at radius 3 is 2.75 bits per heavy atom. The molecule has 2 heteroatoms. The van der Waals surface area contributed by atoms with Crippen molar-refractivity contribution >= 4 is 18.0 Å². The normalized spacial score (nSPS) is 17.4. The third-order valence-electron chi connectivity index (χ3n) is 3.18. The molecule has 0 aromatic heterocycles. The van der Waals surface area contributed by atoms with E-state index in [1.165, 1.54) is 24.2 Å². The quantitative estimate of drug-likeness (QED) is 0.723. The summed E-state index contributed by atoms with van der Waals surface area (Å²) < 4.78 is 0. The summed E-state index contributed by atoms with van der Waals surface area (Å²) >= 11 is 2.02. The first-order valence-corrected chi connectivity index (χ1v) is 6.88. The highest BCUT2D eigenvalue weighted by molar-refractivity contribution is 7.99. The maximum absolute atomic E-state index is 10.8. The van der Waals surface area contributed by atoms with E-state index in [1.807, 2.05) is 23.9 Å². The zero-order chi connectivity index (χ0) is 11.6. The van der Waals surface area contributed by atoms with Crippen molar-refractivity contribution in [2.24, 2.45) is 0 Å². The van der Waals surface area contributed by atoms with Gasteiger partial charge < -0.3 is 0 Å². The molecule has 1 aromatic rings. The SMILES string of the molecule is CC(C)SCC1(c2cccc(C=O)c2)CC1. The second kappa shape index (κ2) is 4.62. The molecule has 0 unspecified atom stereocenters. The lowest BCUT2D eigenvalue weighted by atomic mass is 9.96. The fourth-order valence-electron chi connectivity index (χ4n) is 1.94. The Morgan fingerprint density at radius 2 is 2.19 bits per heavy atom. The molecule has 0 radical (unpaired) electrons. The number of carbonyl (C=O) groups is 1. The first-order chi connectivity index (χ1) is 7.66. The minimum Gasteiger partial charge on any atom is -0.298 e. The summed E-state index contributed by atoms with van der Waals surface area (Å²) in [5.74, 6) is 1.19. The number of hydrogen-bond donors (Lipinski definition) is 0. The maximum Gasteiger partial charge on any atom is 0.150 e. The summed E-state index contributed by atoms with van der Waals surface area (Å²) in [5, 5.41) is 0.687. The van der Waals surface area contributed by atoms with Crippen molar-refractivity contribution < 1.29 is 4.79 Å². The third kappa shape index (κ3) is 2.49. The maximum atomic E-state index is 10.8. The highest BCUT2D eigenvalue weighted by Crippen LogP contribution is 2.50. The first kappa shape index (κ1) is 11.7. The molecule has 1 saturated carbocycles. The lowest BCUT2D eigenvalue weighted by Crippen LogP contribution is -2.12. The molecular weight excluding hydrogens is 216 g/mol. The van der Waals surface area contributed by atoms with Gasteiger partial charge in [0, 0.05) is 16.7 Å². The number of benzene rings is 1. The average molecular weight is 234 g/mol. The van der Waals surface area contributed by atoms with Crippen LogP contribution in [0.2, 0.25) is 0 Å². The number of aldehydes is 1. The molecule has 0 N–H and O–H groups in total. The summed E-state index contributed by atoms with van der Waals surface area (Å²) in [6, 6.07) is 8.10. The van der Waals surface area contributed by atoms with Crippen molar-refractivity contribution in [3.8, 4) is 0 Å². The van der Waals surface area contributed by atoms with Gasteiger partial charge >= 0.3 is 0 Å². The Labute approximate surface area is 102 Å². The van der Waals surface area contributed by atoms with Crippen LogP contribution in [0.25, 0.3) is 0 Å². The highest BCUT2D eigenvalue weighted by Gasteiger charge is 2.44. The Morgan fingerprint density at radius 1 is 1.44 bits per heavy atom. The van der Waals surface area contributed by atoms with Crippen molar-refractivity contribution in [1.29, 1.82) is 0 Å². The minimum atomic E-state index is 0.369. The molecule has 2 rings (SSSR count). The van der Waals surface area contributed by atoms with Gasteiger partial charge in [0.15, 0.2) is 0 Å². The second-order valence-corrected chi connectivity index (χ2v) is 6.45. The number of hydrogen-bond acceptors (Lipinski definition) is 2. The fourth-order valence-corrected chi connectivity index (χ4v) is 3.04. The van der Waals surface area contributed by atoms with Gasteiger partial charge in [-0.1, -0.05) is 32.0 Å². The highest BCUT2D eigenvalue weighted by atomic mass is 32.2. The van der Waals surface area contributed by atoms with Gasteiger partial charge in [-0.2, -0.15) is 11.8 Å². The molecule has 0 spiro atoms. The van der Waals surface area contributed by atoms with Crippen LogP contribution in [-0.2, 0) is 5.41 Å². The van der Waals surface area contributed by atoms with Gasteiger partial charge in [0.2, 0.25) is 0 Å². The van der Waals surface area contributed by atoms with Gasteiger partial charge in [-0.15, -0.1) is 0 Å². The summed E-state index contributed by atoms with van der Waals surface area (Å²) in [4.78, 5) is 10.8. The van der Waals surface area contributed by atoms with E-state index in [2.05, 4.69) is 26.0 Å². The molecule has 0 heterocycles. The third-order valence-corrected chi connectivity index (χ3v) is 4.57. The topological polar surface area (TPSA) is 17.1 Å². The molecule has 16 heavy (non-hydrogen) atoms. The standard InChI is InChI=1S/C14H18OS/c1-11(2)16-10-14(6-7-14)13-5-3-4-12(8-13)9-15/h3-5,8-9,11H,6-7,10H2,1-2H3. The van der Waals surface area contributed by atoms with E-state index >= 15 is 0 Å². The van der Waals surface area contributed by atoms with Crippen molar-refractivity contribution in [3.63, 3.8) is 0 Å². The molecule has 1 aliphatic carbocycles. The second-order valence-electron chi connectivity index (χ2n) is 4.88. The molecule has 1 aromatic carbocycles. The Bertz CT molecular complexity index is 380. The van der Waals surface area contributed by atoms with Crippen LogP contribution in [0, 0.1) is 0 Å². The summed E-state index contributed by atoms with van der Waals surface area (Å²) in [6.45, 7) is 4.48. The van der Waals surface area contributed by atoms with Crippen LogP contribution in [0.15, 0.2) is 24.3 Å². The fraction of sp³-hybridized carbons (Fsp3) is 0.500. The van der Waals surface area contributed by atoms with E-state index in [9.17, 15) is 4.79 Å². The number of thioether (sulfide) groups is 1. The van der Waals surface area contributed by atoms with Gasteiger partial charge in [-0.05, 0) is 29.7 Å². The van der Waals surface area contributed by atoms with E-state index in [4.69, 9.17) is 0 Å². The van der Waals surface area contributed by atoms with Crippen molar-refractivity contribution in [2.45, 2.75) is 37.4 Å². The molecule has 0 atom stereocenters. The molecule has 0 amide bonds. The number of carbonyl (C=O) groups excluding carboxylic acids is 1. The molecule has 0 aliphatic heterocycles. The molecular formula is C14H18OS. The van der Waals surface area contributed by atoms with E-state index in [0.29, 0.717) is 10.7 Å². The summed E-state index contributed by atoms with van der Waals surface area (Å²) in [5.41, 5.74) is 2.53. The molecule has 86 valence electrons. The van der Waals surface area contributed by atoms with E-state index < -0.39 is 0 Å². The lowest BCUT2D eigenvalue weighted by Gasteiger charge is -2.17. The largest absolute Gasteiger partial charge is 0.298 e. The van der Waals surface area contributed by atoms with E-state index in [-0.39, 0.29) is 0 Å². The molecule has 1 fully saturated rings. The Kier molecular flexibility index (Phi) is 3.38. The number of rotatable bonds is 5. The van der Waals surface area contributed by atoms with Crippen LogP contribution in [-0.4, -0.2) is 17.3 Å². The molecule has 1 aliphatic rings. The zero-order valence-corrected chi connectivity index (χ0v) is 10.7. The first-order valence-electron chi connectivity index (χ1n) is 5.84. The Hall–Kier alpha value is -0.760. The van der Waals surface area contributed by atoms with Gasteiger partial charge in [0.25, 0.3) is 0 Å². The van der Waals surface area contributed by atoms with Crippen LogP contribution in [0.1, 0.15) is 42.6 Å². The lowest BCUT2D eigenvalue weighted by molar-refractivity contribution is 0.112.